The summed E-state index contributed by atoms with van der Waals surface area (Å²) in [6, 6.07) is 6.09. The van der Waals surface area contributed by atoms with Crippen LogP contribution in [-0.4, -0.2) is 58.5 Å². The molecule has 1 aromatic carbocycles. The van der Waals surface area contributed by atoms with Crippen molar-refractivity contribution in [3.63, 3.8) is 0 Å². The Morgan fingerprint density at radius 3 is 2.96 bits per heavy atom. The predicted molar refractivity (Wildman–Crippen MR) is 95.1 cm³/mol. The van der Waals surface area contributed by atoms with Crippen molar-refractivity contribution < 1.29 is 9.53 Å². The molecule has 1 fully saturated rings. The fraction of sp³-hybridized carbons (Fsp3) is 0.368. The number of nitrogens with zero attached hydrogens (tertiary/aromatic N) is 3. The highest BCUT2D eigenvalue weighted by molar-refractivity contribution is 5.91. The third kappa shape index (κ3) is 3.74. The van der Waals surface area contributed by atoms with Gasteiger partial charge in [-0.1, -0.05) is 6.07 Å². The van der Waals surface area contributed by atoms with Crippen molar-refractivity contribution in [3.05, 3.63) is 53.6 Å². The van der Waals surface area contributed by atoms with Crippen molar-refractivity contribution in [3.8, 4) is 5.75 Å². The van der Waals surface area contributed by atoms with E-state index in [0.717, 1.165) is 62.9 Å². The van der Waals surface area contributed by atoms with Crippen LogP contribution in [0, 0.1) is 0 Å². The van der Waals surface area contributed by atoms with Gasteiger partial charge >= 0.3 is 0 Å². The summed E-state index contributed by atoms with van der Waals surface area (Å²) in [5, 5.41) is 0. The third-order valence-corrected chi connectivity index (χ3v) is 4.74. The van der Waals surface area contributed by atoms with Crippen molar-refractivity contribution in [1.82, 2.24) is 19.8 Å². The lowest BCUT2D eigenvalue weighted by molar-refractivity contribution is -0.127. The average Bonchev–Trinajstić information content (AvgIpc) is 3.31. The number of benzene rings is 1. The molecule has 0 spiro atoms. The fourth-order valence-electron chi connectivity index (χ4n) is 3.31. The van der Waals surface area contributed by atoms with Gasteiger partial charge in [-0.2, -0.15) is 0 Å². The standard InChI is InChI=1S/C19H22N4O2/c24-19(4-2-15-1-3-17-16(13-15)5-12-25-17)23-10-8-22(9-11-23)14-18-20-6-7-21-18/h1-4,6-7,13H,5,8-12,14H2,(H,20,21)/b4-2-. The van der Waals surface area contributed by atoms with E-state index in [9.17, 15) is 4.79 Å². The number of nitrogens with one attached hydrogen (secondary N) is 1. The molecule has 0 atom stereocenters. The molecule has 1 N–H and O–H groups in total. The van der Waals surface area contributed by atoms with Crippen molar-refractivity contribution >= 4 is 12.0 Å². The summed E-state index contributed by atoms with van der Waals surface area (Å²) in [7, 11) is 0. The highest BCUT2D eigenvalue weighted by Gasteiger charge is 2.20. The Morgan fingerprint density at radius 1 is 1.28 bits per heavy atom. The molecule has 2 aliphatic rings. The van der Waals surface area contributed by atoms with Crippen LogP contribution in [0.4, 0.5) is 0 Å². The Labute approximate surface area is 147 Å². The maximum absolute atomic E-state index is 12.4. The van der Waals surface area contributed by atoms with E-state index in [0.29, 0.717) is 0 Å². The zero-order valence-corrected chi connectivity index (χ0v) is 14.1. The lowest BCUT2D eigenvalue weighted by Gasteiger charge is -2.33. The average molecular weight is 338 g/mol. The molecular weight excluding hydrogens is 316 g/mol. The first-order valence-corrected chi connectivity index (χ1v) is 8.71. The normalized spacial score (nSPS) is 17.7. The van der Waals surface area contributed by atoms with Gasteiger partial charge in [0.15, 0.2) is 0 Å². The Balaban J connectivity index is 1.30. The van der Waals surface area contributed by atoms with Crippen LogP contribution in [0.3, 0.4) is 0 Å². The third-order valence-electron chi connectivity index (χ3n) is 4.74. The van der Waals surface area contributed by atoms with E-state index < -0.39 is 0 Å². The fourth-order valence-corrected chi connectivity index (χ4v) is 3.31. The van der Waals surface area contributed by atoms with Crippen molar-refractivity contribution in [2.45, 2.75) is 13.0 Å². The summed E-state index contributed by atoms with van der Waals surface area (Å²) in [5.41, 5.74) is 2.27. The van der Waals surface area contributed by atoms with Crippen LogP contribution >= 0.6 is 0 Å². The largest absolute Gasteiger partial charge is 0.493 e. The van der Waals surface area contributed by atoms with Gasteiger partial charge in [0.1, 0.15) is 11.6 Å². The monoisotopic (exact) mass is 338 g/mol. The van der Waals surface area contributed by atoms with Gasteiger partial charge in [0.05, 0.1) is 13.2 Å². The molecule has 1 aromatic heterocycles. The van der Waals surface area contributed by atoms with Crippen LogP contribution < -0.4 is 4.74 Å². The van der Waals surface area contributed by atoms with Crippen molar-refractivity contribution in [1.29, 1.82) is 0 Å². The quantitative estimate of drug-likeness (QED) is 0.862. The molecule has 1 amide bonds. The molecule has 25 heavy (non-hydrogen) atoms. The van der Waals surface area contributed by atoms with Crippen LogP contribution in [0.2, 0.25) is 0 Å². The molecule has 4 rings (SSSR count). The number of piperazine rings is 1. The molecule has 130 valence electrons. The Morgan fingerprint density at radius 2 is 2.16 bits per heavy atom. The second-order valence-electron chi connectivity index (χ2n) is 6.44. The number of carbonyl (C=O) groups is 1. The van der Waals surface area contributed by atoms with Crippen LogP contribution in [-0.2, 0) is 17.8 Å². The highest BCUT2D eigenvalue weighted by atomic mass is 16.5. The first-order chi connectivity index (χ1) is 12.3. The van der Waals surface area contributed by atoms with E-state index in [1.54, 1.807) is 12.3 Å². The maximum Gasteiger partial charge on any atom is 0.246 e. The number of carbonyl (C=O) groups excluding carboxylic acids is 1. The SMILES string of the molecule is O=C(/C=C\c1ccc2c(c1)CCO2)N1CCN(Cc2ncc[nH]2)CC1. The highest BCUT2D eigenvalue weighted by Crippen LogP contribution is 2.26. The summed E-state index contributed by atoms with van der Waals surface area (Å²) in [6.07, 6.45) is 8.13. The van der Waals surface area contributed by atoms with E-state index in [-0.39, 0.29) is 5.91 Å². The number of rotatable bonds is 4. The molecule has 0 saturated carbocycles. The molecule has 0 aliphatic carbocycles. The number of amides is 1. The summed E-state index contributed by atoms with van der Waals surface area (Å²) in [6.45, 7) is 4.81. The van der Waals surface area contributed by atoms with E-state index in [1.807, 2.05) is 29.3 Å². The Bertz CT molecular complexity index is 762. The number of fused-ring (bicyclic) bond motifs is 1. The number of ether oxygens (including phenoxy) is 1. The Hall–Kier alpha value is -2.60. The molecule has 1 saturated heterocycles. The van der Waals surface area contributed by atoms with Gasteiger partial charge in [0.2, 0.25) is 5.91 Å². The van der Waals surface area contributed by atoms with Crippen molar-refractivity contribution in [2.75, 3.05) is 32.8 Å². The van der Waals surface area contributed by atoms with Gasteiger partial charge in [0, 0.05) is 51.1 Å². The molecular formula is C19H22N4O2. The minimum Gasteiger partial charge on any atom is -0.493 e. The van der Waals surface area contributed by atoms with Crippen LogP contribution in [0.1, 0.15) is 17.0 Å². The topological polar surface area (TPSA) is 61.5 Å². The summed E-state index contributed by atoms with van der Waals surface area (Å²) < 4.78 is 5.51. The lowest BCUT2D eigenvalue weighted by atomic mass is 10.1. The molecule has 3 heterocycles. The summed E-state index contributed by atoms with van der Waals surface area (Å²) in [5.74, 6) is 2.02. The van der Waals surface area contributed by atoms with Crippen LogP contribution in [0.15, 0.2) is 36.7 Å². The molecule has 0 radical (unpaired) electrons. The van der Waals surface area contributed by atoms with E-state index in [1.165, 1.54) is 5.56 Å². The van der Waals surface area contributed by atoms with E-state index in [4.69, 9.17) is 4.74 Å². The van der Waals surface area contributed by atoms with Crippen LogP contribution in [0.25, 0.3) is 6.08 Å². The lowest BCUT2D eigenvalue weighted by Crippen LogP contribution is -2.47. The minimum absolute atomic E-state index is 0.0781. The van der Waals surface area contributed by atoms with Gasteiger partial charge < -0.3 is 14.6 Å². The van der Waals surface area contributed by atoms with E-state index >= 15 is 0 Å². The smallest absolute Gasteiger partial charge is 0.246 e. The molecule has 6 nitrogen and oxygen atoms in total. The number of aromatic amines is 1. The zero-order valence-electron chi connectivity index (χ0n) is 14.1. The number of H-pyrrole nitrogens is 1. The van der Waals surface area contributed by atoms with Gasteiger partial charge in [-0.25, -0.2) is 4.98 Å². The van der Waals surface area contributed by atoms with Gasteiger partial charge in [0.25, 0.3) is 0 Å². The number of aromatic nitrogens is 2. The second-order valence-corrected chi connectivity index (χ2v) is 6.44. The predicted octanol–water partition coefficient (Wildman–Crippen LogP) is 1.70. The number of hydrogen-bond acceptors (Lipinski definition) is 4. The van der Waals surface area contributed by atoms with Crippen LogP contribution in [0.5, 0.6) is 5.75 Å². The Kier molecular flexibility index (Phi) is 4.52. The second kappa shape index (κ2) is 7.11. The summed E-state index contributed by atoms with van der Waals surface area (Å²) in [4.78, 5) is 24.0. The molecule has 6 heteroatoms. The number of hydrogen-bond donors (Lipinski definition) is 1. The zero-order chi connectivity index (χ0) is 17.1. The minimum atomic E-state index is 0.0781. The molecule has 2 aromatic rings. The summed E-state index contributed by atoms with van der Waals surface area (Å²) >= 11 is 0. The maximum atomic E-state index is 12.4. The van der Waals surface area contributed by atoms with E-state index in [2.05, 4.69) is 20.9 Å². The van der Waals surface area contributed by atoms with Crippen molar-refractivity contribution in [2.24, 2.45) is 0 Å². The molecule has 2 aliphatic heterocycles. The van der Waals surface area contributed by atoms with Gasteiger partial charge in [-0.3, -0.25) is 9.69 Å². The van der Waals surface area contributed by atoms with Gasteiger partial charge in [-0.15, -0.1) is 0 Å². The number of imidazole rings is 1. The van der Waals surface area contributed by atoms with Gasteiger partial charge in [-0.05, 0) is 29.3 Å². The first kappa shape index (κ1) is 15.9. The first-order valence-electron chi connectivity index (χ1n) is 8.71. The molecule has 0 bridgehead atoms. The molecule has 0 unspecified atom stereocenters.